The Morgan fingerprint density at radius 2 is 2.11 bits per heavy atom. The lowest BCUT2D eigenvalue weighted by Crippen LogP contribution is -2.22. The van der Waals surface area contributed by atoms with Gasteiger partial charge >= 0.3 is 0 Å². The van der Waals surface area contributed by atoms with Gasteiger partial charge in [-0.3, -0.25) is 0 Å². The summed E-state index contributed by atoms with van der Waals surface area (Å²) < 4.78 is 0. The highest BCUT2D eigenvalue weighted by Crippen LogP contribution is 2.28. The Labute approximate surface area is 117 Å². The first kappa shape index (κ1) is 14.3. The number of anilines is 1. The Morgan fingerprint density at radius 1 is 1.32 bits per heavy atom. The van der Waals surface area contributed by atoms with Gasteiger partial charge in [0, 0.05) is 17.9 Å². The van der Waals surface area contributed by atoms with Gasteiger partial charge in [-0.05, 0) is 43.6 Å². The van der Waals surface area contributed by atoms with Crippen molar-refractivity contribution in [1.82, 2.24) is 9.97 Å². The standard InChI is InChI=1S/C16H27N3/c1-11(2)15-9-13(4)18-16(19-15)17-10-14-7-5-6-12(3)8-14/h9,11-12,14H,5-8,10H2,1-4H3,(H,17,18,19). The Morgan fingerprint density at radius 3 is 2.79 bits per heavy atom. The summed E-state index contributed by atoms with van der Waals surface area (Å²) in [7, 11) is 0. The van der Waals surface area contributed by atoms with Crippen LogP contribution < -0.4 is 5.32 Å². The van der Waals surface area contributed by atoms with Crippen LogP contribution in [-0.2, 0) is 0 Å². The average molecular weight is 261 g/mol. The first-order valence-electron chi connectivity index (χ1n) is 7.64. The van der Waals surface area contributed by atoms with Crippen LogP contribution in [0.5, 0.6) is 0 Å². The molecule has 3 heteroatoms. The lowest BCUT2D eigenvalue weighted by Gasteiger charge is -2.26. The van der Waals surface area contributed by atoms with Crippen molar-refractivity contribution in [3.05, 3.63) is 17.5 Å². The quantitative estimate of drug-likeness (QED) is 0.885. The minimum absolute atomic E-state index is 0.456. The van der Waals surface area contributed by atoms with Crippen LogP contribution in [0.25, 0.3) is 0 Å². The van der Waals surface area contributed by atoms with Gasteiger partial charge in [0.1, 0.15) is 0 Å². The van der Waals surface area contributed by atoms with Gasteiger partial charge in [-0.15, -0.1) is 0 Å². The molecular weight excluding hydrogens is 234 g/mol. The molecule has 2 rings (SSSR count). The smallest absolute Gasteiger partial charge is 0.223 e. The van der Waals surface area contributed by atoms with Crippen LogP contribution in [0.15, 0.2) is 6.07 Å². The molecule has 0 aromatic carbocycles. The third-order valence-corrected chi connectivity index (χ3v) is 4.06. The Bertz CT molecular complexity index is 414. The predicted octanol–water partition coefficient (Wildman–Crippen LogP) is 4.15. The zero-order chi connectivity index (χ0) is 13.8. The van der Waals surface area contributed by atoms with E-state index in [-0.39, 0.29) is 0 Å². The molecule has 1 saturated carbocycles. The van der Waals surface area contributed by atoms with Crippen molar-refractivity contribution in [3.8, 4) is 0 Å². The van der Waals surface area contributed by atoms with E-state index in [1.165, 1.54) is 25.7 Å². The van der Waals surface area contributed by atoms with Gasteiger partial charge in [-0.1, -0.05) is 33.6 Å². The fraction of sp³-hybridized carbons (Fsp3) is 0.750. The van der Waals surface area contributed by atoms with Gasteiger partial charge in [0.05, 0.1) is 0 Å². The van der Waals surface area contributed by atoms with Gasteiger partial charge in [0.2, 0.25) is 5.95 Å². The molecular formula is C16H27N3. The Kier molecular flexibility index (Phi) is 4.78. The molecule has 0 amide bonds. The first-order valence-corrected chi connectivity index (χ1v) is 7.64. The number of hydrogen-bond acceptors (Lipinski definition) is 3. The maximum atomic E-state index is 4.61. The zero-order valence-electron chi connectivity index (χ0n) is 12.7. The van der Waals surface area contributed by atoms with E-state index in [9.17, 15) is 0 Å². The summed E-state index contributed by atoms with van der Waals surface area (Å²) >= 11 is 0. The molecule has 1 aromatic rings. The largest absolute Gasteiger partial charge is 0.354 e. The van der Waals surface area contributed by atoms with Gasteiger partial charge in [0.15, 0.2) is 0 Å². The number of aromatic nitrogens is 2. The highest BCUT2D eigenvalue weighted by Gasteiger charge is 2.18. The summed E-state index contributed by atoms with van der Waals surface area (Å²) in [6.07, 6.45) is 5.46. The SMILES string of the molecule is Cc1cc(C(C)C)nc(NCC2CCCC(C)C2)n1. The Hall–Kier alpha value is -1.12. The molecule has 0 saturated heterocycles. The molecule has 3 nitrogen and oxygen atoms in total. The van der Waals surface area contributed by atoms with E-state index in [2.05, 4.69) is 42.1 Å². The first-order chi connectivity index (χ1) is 9.04. The summed E-state index contributed by atoms with van der Waals surface area (Å²) in [6, 6.07) is 2.08. The van der Waals surface area contributed by atoms with Crippen LogP contribution in [0.2, 0.25) is 0 Å². The van der Waals surface area contributed by atoms with Crippen LogP contribution in [0.4, 0.5) is 5.95 Å². The van der Waals surface area contributed by atoms with E-state index in [0.29, 0.717) is 5.92 Å². The number of hydrogen-bond donors (Lipinski definition) is 1. The van der Waals surface area contributed by atoms with Gasteiger partial charge in [0.25, 0.3) is 0 Å². The lowest BCUT2D eigenvalue weighted by molar-refractivity contribution is 0.293. The molecule has 0 spiro atoms. The van der Waals surface area contributed by atoms with Crippen molar-refractivity contribution in [2.75, 3.05) is 11.9 Å². The summed E-state index contributed by atoms with van der Waals surface area (Å²) in [5.74, 6) is 2.93. The highest BCUT2D eigenvalue weighted by molar-refractivity contribution is 5.29. The van der Waals surface area contributed by atoms with Crippen LogP contribution in [0.3, 0.4) is 0 Å². The fourth-order valence-corrected chi connectivity index (χ4v) is 2.95. The molecule has 19 heavy (non-hydrogen) atoms. The van der Waals surface area contributed by atoms with Crippen molar-refractivity contribution in [2.24, 2.45) is 11.8 Å². The van der Waals surface area contributed by atoms with Gasteiger partial charge in [-0.25, -0.2) is 9.97 Å². The molecule has 0 aliphatic heterocycles. The molecule has 106 valence electrons. The van der Waals surface area contributed by atoms with E-state index >= 15 is 0 Å². The second-order valence-corrected chi connectivity index (χ2v) is 6.43. The van der Waals surface area contributed by atoms with Crippen LogP contribution in [-0.4, -0.2) is 16.5 Å². The van der Waals surface area contributed by atoms with E-state index in [4.69, 9.17) is 0 Å². The molecule has 1 heterocycles. The van der Waals surface area contributed by atoms with Gasteiger partial charge < -0.3 is 5.32 Å². The second-order valence-electron chi connectivity index (χ2n) is 6.43. The molecule has 0 bridgehead atoms. The average Bonchev–Trinajstić information content (AvgIpc) is 2.36. The molecule has 2 unspecified atom stereocenters. The summed E-state index contributed by atoms with van der Waals surface area (Å²) in [4.78, 5) is 9.11. The molecule has 2 atom stereocenters. The van der Waals surface area contributed by atoms with E-state index in [0.717, 1.165) is 35.7 Å². The molecule has 1 N–H and O–H groups in total. The van der Waals surface area contributed by atoms with Crippen molar-refractivity contribution in [3.63, 3.8) is 0 Å². The Balaban J connectivity index is 1.95. The van der Waals surface area contributed by atoms with Gasteiger partial charge in [-0.2, -0.15) is 0 Å². The molecule has 1 aliphatic rings. The third-order valence-electron chi connectivity index (χ3n) is 4.06. The summed E-state index contributed by atoms with van der Waals surface area (Å²) in [6.45, 7) is 9.78. The summed E-state index contributed by atoms with van der Waals surface area (Å²) in [5.41, 5.74) is 2.19. The normalized spacial score (nSPS) is 23.6. The summed E-state index contributed by atoms with van der Waals surface area (Å²) in [5, 5.41) is 3.45. The number of aryl methyl sites for hydroxylation is 1. The second kappa shape index (κ2) is 6.36. The number of rotatable bonds is 4. The maximum Gasteiger partial charge on any atom is 0.223 e. The zero-order valence-corrected chi connectivity index (χ0v) is 12.7. The van der Waals surface area contributed by atoms with E-state index in [1.54, 1.807) is 0 Å². The van der Waals surface area contributed by atoms with Crippen LogP contribution in [0, 0.1) is 18.8 Å². The van der Waals surface area contributed by atoms with Crippen LogP contribution >= 0.6 is 0 Å². The van der Waals surface area contributed by atoms with Crippen molar-refractivity contribution in [1.29, 1.82) is 0 Å². The molecule has 1 fully saturated rings. The minimum atomic E-state index is 0.456. The highest BCUT2D eigenvalue weighted by atomic mass is 15.1. The monoisotopic (exact) mass is 261 g/mol. The van der Waals surface area contributed by atoms with Crippen molar-refractivity contribution < 1.29 is 0 Å². The van der Waals surface area contributed by atoms with Crippen LogP contribution in [0.1, 0.15) is 63.8 Å². The predicted molar refractivity (Wildman–Crippen MR) is 80.5 cm³/mol. The minimum Gasteiger partial charge on any atom is -0.354 e. The number of nitrogens with zero attached hydrogens (tertiary/aromatic N) is 2. The molecule has 1 aromatic heterocycles. The van der Waals surface area contributed by atoms with Crippen molar-refractivity contribution >= 4 is 5.95 Å². The van der Waals surface area contributed by atoms with E-state index in [1.807, 2.05) is 6.92 Å². The fourth-order valence-electron chi connectivity index (χ4n) is 2.95. The molecule has 1 aliphatic carbocycles. The number of nitrogens with one attached hydrogen (secondary N) is 1. The van der Waals surface area contributed by atoms with E-state index < -0.39 is 0 Å². The van der Waals surface area contributed by atoms with Crippen molar-refractivity contribution in [2.45, 2.75) is 59.3 Å². The third kappa shape index (κ3) is 4.19. The molecule has 0 radical (unpaired) electrons. The maximum absolute atomic E-state index is 4.61. The lowest BCUT2D eigenvalue weighted by atomic mass is 9.82. The topological polar surface area (TPSA) is 37.8 Å².